The van der Waals surface area contributed by atoms with Crippen LogP contribution in [0.25, 0.3) is 11.5 Å². The van der Waals surface area contributed by atoms with Gasteiger partial charge in [0.05, 0.1) is 5.75 Å². The molecule has 0 bridgehead atoms. The van der Waals surface area contributed by atoms with E-state index in [0.29, 0.717) is 16.8 Å². The molecule has 19 heavy (non-hydrogen) atoms. The minimum absolute atomic E-state index is 0.507. The van der Waals surface area contributed by atoms with E-state index in [0.717, 1.165) is 28.0 Å². The van der Waals surface area contributed by atoms with Gasteiger partial charge in [0, 0.05) is 21.0 Å². The summed E-state index contributed by atoms with van der Waals surface area (Å²) in [6.07, 6.45) is 1.14. The summed E-state index contributed by atoms with van der Waals surface area (Å²) in [5, 5.41) is 4.60. The second-order valence-corrected chi connectivity index (χ2v) is 6.66. The lowest BCUT2D eigenvalue weighted by atomic mass is 10.2. The number of benzene rings is 1. The lowest BCUT2D eigenvalue weighted by molar-refractivity contribution is 0.425. The van der Waals surface area contributed by atoms with E-state index in [4.69, 9.17) is 10.3 Å². The number of aromatic nitrogens is 2. The number of hydrogen-bond acceptors (Lipinski definition) is 5. The van der Waals surface area contributed by atoms with Gasteiger partial charge in [0.1, 0.15) is 0 Å². The summed E-state index contributed by atoms with van der Waals surface area (Å²) >= 11 is 5.23. The van der Waals surface area contributed by atoms with Crippen molar-refractivity contribution < 1.29 is 4.52 Å². The highest BCUT2D eigenvalue weighted by Crippen LogP contribution is 2.26. The first-order valence-corrected chi connectivity index (χ1v) is 7.93. The van der Waals surface area contributed by atoms with Crippen molar-refractivity contribution >= 4 is 33.4 Å². The largest absolute Gasteiger partial charge is 0.399 e. The van der Waals surface area contributed by atoms with Crippen LogP contribution in [0.3, 0.4) is 0 Å². The van der Waals surface area contributed by atoms with Gasteiger partial charge >= 0.3 is 0 Å². The van der Waals surface area contributed by atoms with Gasteiger partial charge in [-0.25, -0.2) is 0 Å². The summed E-state index contributed by atoms with van der Waals surface area (Å²) in [5.74, 6) is 1.99. The van der Waals surface area contributed by atoms with Crippen molar-refractivity contribution in [3.63, 3.8) is 0 Å². The molecule has 1 aromatic carbocycles. The molecule has 0 saturated heterocycles. The second-order valence-electron chi connectivity index (χ2n) is 4.32. The fourth-order valence-electron chi connectivity index (χ4n) is 1.50. The standard InChI is InChI=1S/C13H16BrN3OS/c1-3-8(2)19-7-12-16-13(18-17-12)9-4-10(14)6-11(15)5-9/h4-6,8H,3,7,15H2,1-2H3. The van der Waals surface area contributed by atoms with Crippen molar-refractivity contribution in [3.05, 3.63) is 28.5 Å². The molecule has 0 aliphatic heterocycles. The molecule has 0 saturated carbocycles. The Morgan fingerprint density at radius 3 is 2.89 bits per heavy atom. The van der Waals surface area contributed by atoms with Gasteiger partial charge in [-0.15, -0.1) is 0 Å². The van der Waals surface area contributed by atoms with Crippen molar-refractivity contribution in [3.8, 4) is 11.5 Å². The Kier molecular flexibility index (Phi) is 4.87. The maximum Gasteiger partial charge on any atom is 0.258 e. The monoisotopic (exact) mass is 341 g/mol. The summed E-state index contributed by atoms with van der Waals surface area (Å²) in [4.78, 5) is 4.39. The molecule has 1 aromatic heterocycles. The van der Waals surface area contributed by atoms with Gasteiger partial charge in [-0.2, -0.15) is 16.7 Å². The van der Waals surface area contributed by atoms with Crippen LogP contribution in [0.5, 0.6) is 0 Å². The lowest BCUT2D eigenvalue weighted by Gasteiger charge is -2.04. The molecule has 0 aliphatic rings. The molecule has 1 atom stereocenters. The second kappa shape index (κ2) is 6.43. The topological polar surface area (TPSA) is 64.9 Å². The van der Waals surface area contributed by atoms with Gasteiger partial charge in [-0.1, -0.05) is 34.9 Å². The zero-order chi connectivity index (χ0) is 13.8. The third-order valence-corrected chi connectivity index (χ3v) is 4.49. The number of hydrogen-bond donors (Lipinski definition) is 1. The molecular weight excluding hydrogens is 326 g/mol. The molecule has 0 fully saturated rings. The number of nitrogens with two attached hydrogens (primary N) is 1. The molecule has 102 valence electrons. The normalized spacial score (nSPS) is 12.6. The minimum Gasteiger partial charge on any atom is -0.399 e. The van der Waals surface area contributed by atoms with E-state index in [1.165, 1.54) is 0 Å². The summed E-state index contributed by atoms with van der Waals surface area (Å²) < 4.78 is 6.18. The Balaban J connectivity index is 2.12. The van der Waals surface area contributed by atoms with Crippen LogP contribution in [-0.2, 0) is 5.75 Å². The van der Waals surface area contributed by atoms with Crippen molar-refractivity contribution in [2.45, 2.75) is 31.3 Å². The SMILES string of the molecule is CCC(C)SCc1noc(-c2cc(N)cc(Br)c2)n1. The van der Waals surface area contributed by atoms with Gasteiger partial charge in [0.15, 0.2) is 5.82 Å². The van der Waals surface area contributed by atoms with Gasteiger partial charge < -0.3 is 10.3 Å². The van der Waals surface area contributed by atoms with E-state index < -0.39 is 0 Å². The highest BCUT2D eigenvalue weighted by Gasteiger charge is 2.11. The van der Waals surface area contributed by atoms with Crippen LogP contribution >= 0.6 is 27.7 Å². The van der Waals surface area contributed by atoms with Crippen LogP contribution in [0.4, 0.5) is 5.69 Å². The van der Waals surface area contributed by atoms with E-state index in [-0.39, 0.29) is 0 Å². The average molecular weight is 342 g/mol. The zero-order valence-corrected chi connectivity index (χ0v) is 13.3. The molecule has 4 nitrogen and oxygen atoms in total. The van der Waals surface area contributed by atoms with Gasteiger partial charge in [0.25, 0.3) is 5.89 Å². The molecule has 2 rings (SSSR count). The van der Waals surface area contributed by atoms with Crippen LogP contribution in [0.2, 0.25) is 0 Å². The number of nitrogens with zero attached hydrogens (tertiary/aromatic N) is 2. The quantitative estimate of drug-likeness (QED) is 0.829. The summed E-state index contributed by atoms with van der Waals surface area (Å²) in [6.45, 7) is 4.37. The fraction of sp³-hybridized carbons (Fsp3) is 0.385. The van der Waals surface area contributed by atoms with E-state index in [1.54, 1.807) is 0 Å². The van der Waals surface area contributed by atoms with E-state index in [9.17, 15) is 0 Å². The summed E-state index contributed by atoms with van der Waals surface area (Å²) in [6, 6.07) is 5.57. The number of halogens is 1. The van der Waals surface area contributed by atoms with Gasteiger partial charge in [-0.05, 0) is 24.6 Å². The Bertz CT molecular complexity index is 538. The molecule has 2 N–H and O–H groups in total. The Labute approximate surface area is 125 Å². The zero-order valence-electron chi connectivity index (χ0n) is 10.9. The summed E-state index contributed by atoms with van der Waals surface area (Å²) in [7, 11) is 0. The Hall–Kier alpha value is -1.01. The van der Waals surface area contributed by atoms with Gasteiger partial charge in [-0.3, -0.25) is 0 Å². The maximum absolute atomic E-state index is 5.80. The molecule has 1 unspecified atom stereocenters. The highest BCUT2D eigenvalue weighted by atomic mass is 79.9. The van der Waals surface area contributed by atoms with Crippen molar-refractivity contribution in [2.75, 3.05) is 5.73 Å². The predicted octanol–water partition coefficient (Wildman–Crippen LogP) is 4.11. The van der Waals surface area contributed by atoms with Crippen LogP contribution in [0.15, 0.2) is 27.2 Å². The molecule has 1 heterocycles. The number of nitrogen functional groups attached to an aromatic ring is 1. The van der Waals surface area contributed by atoms with E-state index in [2.05, 4.69) is 39.9 Å². The Morgan fingerprint density at radius 1 is 1.42 bits per heavy atom. The predicted molar refractivity (Wildman–Crippen MR) is 82.9 cm³/mol. The van der Waals surface area contributed by atoms with Crippen molar-refractivity contribution in [1.82, 2.24) is 10.1 Å². The average Bonchev–Trinajstić information content (AvgIpc) is 2.83. The molecule has 2 aromatic rings. The molecule has 0 aliphatic carbocycles. The number of anilines is 1. The molecular formula is C13H16BrN3OS. The molecule has 6 heteroatoms. The van der Waals surface area contributed by atoms with Crippen molar-refractivity contribution in [1.29, 1.82) is 0 Å². The number of thioether (sulfide) groups is 1. The first kappa shape index (κ1) is 14.4. The van der Waals surface area contributed by atoms with Crippen molar-refractivity contribution in [2.24, 2.45) is 0 Å². The lowest BCUT2D eigenvalue weighted by Crippen LogP contribution is -1.94. The highest BCUT2D eigenvalue weighted by molar-refractivity contribution is 9.10. The van der Waals surface area contributed by atoms with Crippen LogP contribution < -0.4 is 5.73 Å². The molecule has 0 spiro atoms. The van der Waals surface area contributed by atoms with Crippen LogP contribution in [-0.4, -0.2) is 15.4 Å². The van der Waals surface area contributed by atoms with E-state index in [1.807, 2.05) is 30.0 Å². The first-order valence-electron chi connectivity index (χ1n) is 6.09. The van der Waals surface area contributed by atoms with Gasteiger partial charge in [0.2, 0.25) is 0 Å². The smallest absolute Gasteiger partial charge is 0.258 e. The fourth-order valence-corrected chi connectivity index (χ4v) is 2.80. The third kappa shape index (κ3) is 3.98. The minimum atomic E-state index is 0.507. The summed E-state index contributed by atoms with van der Waals surface area (Å²) in [5.41, 5.74) is 7.29. The molecule has 0 radical (unpaired) electrons. The third-order valence-electron chi connectivity index (χ3n) is 2.71. The maximum atomic E-state index is 5.80. The van der Waals surface area contributed by atoms with Crippen LogP contribution in [0.1, 0.15) is 26.1 Å². The Morgan fingerprint density at radius 2 is 2.21 bits per heavy atom. The molecule has 0 amide bonds. The first-order chi connectivity index (χ1) is 9.08. The number of rotatable bonds is 5. The van der Waals surface area contributed by atoms with E-state index >= 15 is 0 Å². The van der Waals surface area contributed by atoms with Crippen LogP contribution in [0, 0.1) is 0 Å².